The van der Waals surface area contributed by atoms with Gasteiger partial charge in [-0.1, -0.05) is 6.07 Å². The Kier molecular flexibility index (Phi) is 5.78. The molecule has 7 aromatic rings. The zero-order chi connectivity index (χ0) is 30.5. The molecule has 13 heteroatoms. The molecule has 5 heterocycles. The fraction of sp³-hybridized carbons (Fsp3) is 0. The van der Waals surface area contributed by atoms with Crippen LogP contribution in [-0.4, -0.2) is 39.9 Å². The molecule has 0 saturated heterocycles. The van der Waals surface area contributed by atoms with E-state index in [1.165, 1.54) is 0 Å². The van der Waals surface area contributed by atoms with E-state index in [0.717, 1.165) is 33.0 Å². The van der Waals surface area contributed by atoms with Crippen LogP contribution in [0.4, 0.5) is 0 Å². The number of hydrogen-bond donors (Lipinski definition) is 2. The van der Waals surface area contributed by atoms with Gasteiger partial charge < -0.3 is 0 Å². The van der Waals surface area contributed by atoms with Gasteiger partial charge in [0.15, 0.2) is 0 Å². The van der Waals surface area contributed by atoms with Crippen molar-refractivity contribution in [3.05, 3.63) is 91.0 Å². The molecule has 0 aliphatic carbocycles. The third-order valence-corrected chi connectivity index (χ3v) is 17.9. The average molecular weight is 721 g/mol. The van der Waals surface area contributed by atoms with E-state index in [0.29, 0.717) is 60.8 Å². The van der Waals surface area contributed by atoms with Gasteiger partial charge in [-0.3, -0.25) is 0 Å². The number of nitrogens with zero attached hydrogens (tertiary/aromatic N) is 6. The molecule has 0 radical (unpaired) electrons. The Hall–Kier alpha value is -3.98. The van der Waals surface area contributed by atoms with Crippen LogP contribution in [0.1, 0.15) is 0 Å². The summed E-state index contributed by atoms with van der Waals surface area (Å²) in [5.74, 6) is 1.96. The van der Waals surface area contributed by atoms with E-state index in [4.69, 9.17) is 68.7 Å². The van der Waals surface area contributed by atoms with Crippen molar-refractivity contribution in [2.75, 3.05) is 0 Å². The van der Waals surface area contributed by atoms with Crippen molar-refractivity contribution < 1.29 is 9.64 Å². The van der Waals surface area contributed by atoms with Gasteiger partial charge in [0.2, 0.25) is 0 Å². The van der Waals surface area contributed by atoms with Crippen molar-refractivity contribution in [3.63, 3.8) is 0 Å². The first kappa shape index (κ1) is 27.3. The fourth-order valence-corrected chi connectivity index (χ4v) is 13.7. The SMILES string of the molecule is [Cl][Zn]([Cl])([Cl])([Cl])[c]1cccc2c3nc4nc(nc5[nH]c(nc6nc(nc([nH]3)c12)-c1ccccc1-6)c1ccccc51)-c1ccccc1-4. The summed E-state index contributed by atoms with van der Waals surface area (Å²) in [4.78, 5) is 36.7. The van der Waals surface area contributed by atoms with Crippen LogP contribution < -0.4 is 4.16 Å². The Balaban J connectivity index is 1.52. The van der Waals surface area contributed by atoms with Gasteiger partial charge in [-0.25, -0.2) is 0 Å². The molecule has 45 heavy (non-hydrogen) atoms. The first-order valence-corrected chi connectivity index (χ1v) is 31.4. The molecular weight excluding hydrogens is 704 g/mol. The second kappa shape index (κ2) is 9.52. The molecule has 2 N–H and O–H groups in total. The van der Waals surface area contributed by atoms with E-state index in [9.17, 15) is 0 Å². The molecule has 2 aliphatic heterocycles. The van der Waals surface area contributed by atoms with Gasteiger partial charge in [0.05, 0.1) is 0 Å². The Labute approximate surface area is 271 Å². The predicted molar refractivity (Wildman–Crippen MR) is 179 cm³/mol. The Bertz CT molecular complexity index is 2570. The van der Waals surface area contributed by atoms with Crippen molar-refractivity contribution in [1.29, 1.82) is 0 Å². The van der Waals surface area contributed by atoms with E-state index in [1.54, 1.807) is 12.1 Å². The van der Waals surface area contributed by atoms with E-state index in [-0.39, 0.29) is 0 Å². The molecule has 0 unspecified atom stereocenters. The van der Waals surface area contributed by atoms with Crippen LogP contribution in [0.15, 0.2) is 91.0 Å². The molecule has 4 aromatic carbocycles. The van der Waals surface area contributed by atoms with Crippen LogP contribution in [0.5, 0.6) is 0 Å². The molecule has 0 amide bonds. The number of nitrogens with one attached hydrogen (secondary N) is 2. The van der Waals surface area contributed by atoms with E-state index < -0.39 is 9.64 Å². The molecule has 0 saturated carbocycles. The number of rotatable bonds is 1. The summed E-state index contributed by atoms with van der Waals surface area (Å²) >= 11 is 0. The second-order valence-electron chi connectivity index (χ2n) is 11.2. The van der Waals surface area contributed by atoms with Gasteiger partial charge in [-0.05, 0) is 0 Å². The molecule has 215 valence electrons. The summed E-state index contributed by atoms with van der Waals surface area (Å²) in [5.41, 5.74) is 5.49. The minimum absolute atomic E-state index is 0.416. The number of hydrogen-bond acceptors (Lipinski definition) is 6. The zero-order valence-corrected chi connectivity index (χ0v) is 29.1. The quantitative estimate of drug-likeness (QED) is 0.164. The molecule has 3 aromatic heterocycles. The third-order valence-electron chi connectivity index (χ3n) is 8.24. The van der Waals surface area contributed by atoms with Gasteiger partial charge in [0.25, 0.3) is 0 Å². The zero-order valence-electron chi connectivity index (χ0n) is 23.1. The number of aromatic nitrogens is 8. The third kappa shape index (κ3) is 4.37. The molecule has 8 nitrogen and oxygen atoms in total. The first-order chi connectivity index (χ1) is 21.7. The molecule has 8 bridgehead atoms. The number of benzene rings is 4. The number of halogens is 4. The minimum atomic E-state index is -5.47. The summed E-state index contributed by atoms with van der Waals surface area (Å²) in [6, 6.07) is 29.0. The average Bonchev–Trinajstić information content (AvgIpc) is 3.76. The van der Waals surface area contributed by atoms with Crippen LogP contribution in [-0.2, 0) is 9.64 Å². The maximum absolute atomic E-state index is 6.72. The van der Waals surface area contributed by atoms with Crippen LogP contribution in [0.3, 0.4) is 0 Å². The standard InChI is InChI=1S/C32H17N8.4ClH.Zn/c1-2-10-18-17(9-1)25-33-26(18)38-28-21-13-5-6-14-22(21)30(35-28)40-32-24-16-8-7-15-23(24)31(36-32)39-29-20-12-4-3-11-19(20)27(34-29)37-25;;;;;/h1-15H,(H2,33,34,35,36,37,38,39,40);4*1H;/q;;;;;+4/p-4. The Morgan fingerprint density at radius 2 is 0.778 bits per heavy atom. The van der Waals surface area contributed by atoms with Crippen LogP contribution >= 0.6 is 38.8 Å². The van der Waals surface area contributed by atoms with Gasteiger partial charge in [0.1, 0.15) is 0 Å². The predicted octanol–water partition coefficient (Wildman–Crippen LogP) is 8.80. The van der Waals surface area contributed by atoms with E-state index >= 15 is 0 Å². The van der Waals surface area contributed by atoms with Crippen molar-refractivity contribution >= 4 is 87.1 Å². The number of aromatic amines is 2. The topological polar surface area (TPSA) is 109 Å². The fourth-order valence-electron chi connectivity index (χ4n) is 6.21. The molecule has 0 fully saturated rings. The molecule has 2 aliphatic rings. The molecule has 0 atom stereocenters. The van der Waals surface area contributed by atoms with Gasteiger partial charge in [-0.2, -0.15) is 0 Å². The van der Waals surface area contributed by atoms with Gasteiger partial charge in [0, 0.05) is 0 Å². The molecule has 9 rings (SSSR count). The first-order valence-electron chi connectivity index (χ1n) is 14.3. The summed E-state index contributed by atoms with van der Waals surface area (Å²) in [6.07, 6.45) is 0. The number of H-pyrrole nitrogens is 2. The van der Waals surface area contributed by atoms with E-state index in [1.807, 2.05) is 78.9 Å². The normalized spacial score (nSPS) is 12.8. The number of fused-ring (bicyclic) bond motifs is 20. The van der Waals surface area contributed by atoms with Crippen LogP contribution in [0.2, 0.25) is 0 Å². The molecule has 0 spiro atoms. The van der Waals surface area contributed by atoms with Crippen LogP contribution in [0, 0.1) is 0 Å². The van der Waals surface area contributed by atoms with E-state index in [2.05, 4.69) is 9.97 Å². The summed E-state index contributed by atoms with van der Waals surface area (Å²) in [6.45, 7) is 0. The van der Waals surface area contributed by atoms with Crippen molar-refractivity contribution in [2.45, 2.75) is 0 Å². The Morgan fingerprint density at radius 1 is 0.400 bits per heavy atom. The second-order valence-corrected chi connectivity index (χ2v) is 48.4. The van der Waals surface area contributed by atoms with Gasteiger partial charge >= 0.3 is 267 Å². The summed E-state index contributed by atoms with van der Waals surface area (Å²) < 4.78 is 0.435. The van der Waals surface area contributed by atoms with Crippen molar-refractivity contribution in [3.8, 4) is 45.6 Å². The molecular formula is C32H17Cl4N8Zn. The van der Waals surface area contributed by atoms with Crippen molar-refractivity contribution in [1.82, 2.24) is 39.9 Å². The van der Waals surface area contributed by atoms with Crippen molar-refractivity contribution in [2.24, 2.45) is 0 Å². The summed E-state index contributed by atoms with van der Waals surface area (Å²) in [5, 5.41) is 3.08. The summed E-state index contributed by atoms with van der Waals surface area (Å²) in [7, 11) is 21.4. The Morgan fingerprint density at radius 3 is 1.24 bits per heavy atom. The maximum atomic E-state index is 6.72. The van der Waals surface area contributed by atoms with Gasteiger partial charge in [-0.15, -0.1) is 0 Å². The van der Waals surface area contributed by atoms with Crippen LogP contribution in [0.25, 0.3) is 89.7 Å². The monoisotopic (exact) mass is 717 g/mol.